The number of anilines is 2. The summed E-state index contributed by atoms with van der Waals surface area (Å²) in [6.45, 7) is 0. The molecule has 0 radical (unpaired) electrons. The number of rotatable bonds is 5. The molecule has 1 unspecified atom stereocenters. The van der Waals surface area contributed by atoms with E-state index < -0.39 is 11.9 Å². The van der Waals surface area contributed by atoms with Gasteiger partial charge in [0.2, 0.25) is 0 Å². The van der Waals surface area contributed by atoms with Gasteiger partial charge >= 0.3 is 5.97 Å². The zero-order chi connectivity index (χ0) is 19.6. The zero-order valence-corrected chi connectivity index (χ0v) is 16.6. The first kappa shape index (κ1) is 19.1. The average molecular weight is 434 g/mol. The van der Waals surface area contributed by atoms with Gasteiger partial charge in [0, 0.05) is 29.1 Å². The van der Waals surface area contributed by atoms with Crippen molar-refractivity contribution < 1.29 is 14.3 Å². The lowest BCUT2D eigenvalue weighted by Crippen LogP contribution is -2.14. The Bertz CT molecular complexity index is 922. The molecule has 3 N–H and O–H groups in total. The van der Waals surface area contributed by atoms with Crippen LogP contribution in [0.15, 0.2) is 33.9 Å². The molecule has 0 bridgehead atoms. The van der Waals surface area contributed by atoms with Crippen molar-refractivity contribution in [2.45, 2.75) is 25.3 Å². The third kappa shape index (κ3) is 3.87. The quantitative estimate of drug-likeness (QED) is 0.703. The van der Waals surface area contributed by atoms with Crippen molar-refractivity contribution in [3.8, 4) is 0 Å². The lowest BCUT2D eigenvalue weighted by atomic mass is 10.2. The van der Waals surface area contributed by atoms with Gasteiger partial charge in [0.1, 0.15) is 5.56 Å². The number of benzene rings is 1. The molecule has 1 aromatic carbocycles. The Balaban J connectivity index is 1.95. The van der Waals surface area contributed by atoms with E-state index in [4.69, 9.17) is 10.5 Å². The van der Waals surface area contributed by atoms with E-state index in [0.29, 0.717) is 21.5 Å². The largest absolute Gasteiger partial charge is 0.465 e. The van der Waals surface area contributed by atoms with Gasteiger partial charge < -0.3 is 15.8 Å². The Morgan fingerprint density at radius 2 is 2.19 bits per heavy atom. The van der Waals surface area contributed by atoms with Gasteiger partial charge in [-0.1, -0.05) is 0 Å². The number of nitrogens with one attached hydrogen (secondary N) is 1. The van der Waals surface area contributed by atoms with Gasteiger partial charge in [-0.15, -0.1) is 0 Å². The fraction of sp³-hybridized carbons (Fsp3) is 0.333. The van der Waals surface area contributed by atoms with Gasteiger partial charge in [-0.2, -0.15) is 5.10 Å². The van der Waals surface area contributed by atoms with Gasteiger partial charge in [-0.3, -0.25) is 14.5 Å². The topological polar surface area (TPSA) is 112 Å². The second-order valence-electron chi connectivity index (χ2n) is 6.17. The molecule has 1 aliphatic rings. The molecule has 8 nitrogen and oxygen atoms in total. The highest BCUT2D eigenvalue weighted by atomic mass is 79.9. The summed E-state index contributed by atoms with van der Waals surface area (Å²) in [5.74, 6) is -0.717. The molecule has 1 saturated carbocycles. The summed E-state index contributed by atoms with van der Waals surface area (Å²) in [4.78, 5) is 28.1. The molecule has 27 heavy (non-hydrogen) atoms. The number of halogens is 1. The first-order valence-electron chi connectivity index (χ1n) is 8.44. The maximum atomic E-state index is 11.9. The molecule has 1 heterocycles. The lowest BCUT2D eigenvalue weighted by Gasteiger charge is -2.11. The van der Waals surface area contributed by atoms with Gasteiger partial charge in [-0.25, -0.2) is 4.79 Å². The van der Waals surface area contributed by atoms with Crippen LogP contribution >= 0.6 is 15.9 Å². The minimum atomic E-state index is -0.581. The Kier molecular flexibility index (Phi) is 5.59. The number of esters is 1. The number of hydrogen-bond acceptors (Lipinski definition) is 6. The van der Waals surface area contributed by atoms with Crippen molar-refractivity contribution in [1.82, 2.24) is 9.78 Å². The van der Waals surface area contributed by atoms with Crippen molar-refractivity contribution >= 4 is 45.0 Å². The number of nitrogens with zero attached hydrogens (tertiary/aromatic N) is 3. The highest BCUT2D eigenvalue weighted by Gasteiger charge is 2.26. The van der Waals surface area contributed by atoms with Crippen molar-refractivity contribution in [3.63, 3.8) is 0 Å². The highest BCUT2D eigenvalue weighted by molar-refractivity contribution is 9.10. The van der Waals surface area contributed by atoms with E-state index in [0.717, 1.165) is 25.0 Å². The van der Waals surface area contributed by atoms with Crippen molar-refractivity contribution in [2.75, 3.05) is 19.5 Å². The molecule has 2 aromatic rings. The molecule has 0 saturated heterocycles. The summed E-state index contributed by atoms with van der Waals surface area (Å²) in [7, 11) is 3.08. The van der Waals surface area contributed by atoms with Crippen LogP contribution in [0.1, 0.15) is 46.0 Å². The second-order valence-corrected chi connectivity index (χ2v) is 7.02. The summed E-state index contributed by atoms with van der Waals surface area (Å²) in [5.41, 5.74) is 7.80. The smallest absolute Gasteiger partial charge is 0.339 e. The molecule has 1 aliphatic carbocycles. The summed E-state index contributed by atoms with van der Waals surface area (Å²) in [5, 5.41) is 7.60. The monoisotopic (exact) mass is 433 g/mol. The number of methoxy groups -OCH3 is 1. The minimum absolute atomic E-state index is 0.0270. The van der Waals surface area contributed by atoms with E-state index in [-0.39, 0.29) is 11.6 Å². The van der Waals surface area contributed by atoms with E-state index >= 15 is 0 Å². The van der Waals surface area contributed by atoms with Crippen LogP contribution in [0.4, 0.5) is 11.5 Å². The van der Waals surface area contributed by atoms with Gasteiger partial charge in [0.25, 0.3) is 5.91 Å². The lowest BCUT2D eigenvalue weighted by molar-refractivity contribution is 0.0599. The van der Waals surface area contributed by atoms with Crippen molar-refractivity contribution in [1.29, 1.82) is 0 Å². The first-order valence-corrected chi connectivity index (χ1v) is 9.23. The minimum Gasteiger partial charge on any atom is -0.465 e. The standard InChI is InChI=1S/C18H20BrN5O3/c1-21-14-4-3-5-15(14)24-9-12(16(20)25)17(23-24)22-10-6-7-13(19)11(8-10)18(26)27-2/h6-9,15H,3-5H2,1-2H3,(H2,20,25)(H,22,23)/b21-14-. The predicted octanol–water partition coefficient (Wildman–Crippen LogP) is 3.07. The van der Waals surface area contributed by atoms with Gasteiger partial charge in [-0.05, 0) is 53.4 Å². The maximum absolute atomic E-state index is 11.9. The number of carbonyl (C=O) groups is 2. The third-order valence-electron chi connectivity index (χ3n) is 4.53. The number of amides is 1. The predicted molar refractivity (Wildman–Crippen MR) is 106 cm³/mol. The molecule has 1 amide bonds. The van der Waals surface area contributed by atoms with Crippen molar-refractivity contribution in [2.24, 2.45) is 10.7 Å². The third-order valence-corrected chi connectivity index (χ3v) is 5.22. The number of aliphatic imine (C=N–C) groups is 1. The maximum Gasteiger partial charge on any atom is 0.339 e. The molecule has 9 heteroatoms. The van der Waals surface area contributed by atoms with E-state index in [1.54, 1.807) is 36.1 Å². The molecular formula is C18H20BrN5O3. The Labute approximate surface area is 164 Å². The molecule has 1 atom stereocenters. The Morgan fingerprint density at radius 3 is 2.85 bits per heavy atom. The van der Waals surface area contributed by atoms with E-state index in [1.165, 1.54) is 7.11 Å². The van der Waals surface area contributed by atoms with Crippen LogP contribution in [0.2, 0.25) is 0 Å². The SMILES string of the molecule is C/N=C1/CCCC1n1cc(C(N)=O)c(Nc2ccc(Br)c(C(=O)OC)c2)n1. The Morgan fingerprint density at radius 1 is 1.41 bits per heavy atom. The number of aromatic nitrogens is 2. The number of nitrogens with two attached hydrogens (primary N) is 1. The highest BCUT2D eigenvalue weighted by Crippen LogP contribution is 2.30. The second kappa shape index (κ2) is 7.91. The molecule has 1 aromatic heterocycles. The number of hydrogen-bond donors (Lipinski definition) is 2. The summed E-state index contributed by atoms with van der Waals surface area (Å²) < 4.78 is 7.12. The van der Waals surface area contributed by atoms with Gasteiger partial charge in [0.05, 0.1) is 18.7 Å². The fourth-order valence-corrected chi connectivity index (χ4v) is 3.59. The molecule has 0 spiro atoms. The molecule has 142 valence electrons. The van der Waals surface area contributed by atoms with E-state index in [9.17, 15) is 9.59 Å². The number of ether oxygens (including phenoxy) is 1. The number of primary amides is 1. The van der Waals surface area contributed by atoms with Gasteiger partial charge in [0.15, 0.2) is 5.82 Å². The van der Waals surface area contributed by atoms with E-state index in [1.807, 2.05) is 0 Å². The van der Waals surface area contributed by atoms with Crippen LogP contribution in [0.5, 0.6) is 0 Å². The first-order chi connectivity index (χ1) is 12.9. The van der Waals surface area contributed by atoms with Crippen LogP contribution < -0.4 is 11.1 Å². The van der Waals surface area contributed by atoms with Crippen LogP contribution in [-0.4, -0.2) is 41.5 Å². The molecular weight excluding hydrogens is 414 g/mol. The molecule has 0 aliphatic heterocycles. The summed E-state index contributed by atoms with van der Waals surface area (Å²) in [6.07, 6.45) is 4.51. The fourth-order valence-electron chi connectivity index (χ4n) is 3.19. The average Bonchev–Trinajstić information content (AvgIpc) is 3.29. The van der Waals surface area contributed by atoms with E-state index in [2.05, 4.69) is 31.3 Å². The zero-order valence-electron chi connectivity index (χ0n) is 15.0. The normalized spacial score (nSPS) is 17.9. The summed E-state index contributed by atoms with van der Waals surface area (Å²) in [6, 6.07) is 5.12. The van der Waals surface area contributed by atoms with Crippen LogP contribution in [0.25, 0.3) is 0 Å². The van der Waals surface area contributed by atoms with Crippen LogP contribution in [0.3, 0.4) is 0 Å². The summed E-state index contributed by atoms with van der Waals surface area (Å²) >= 11 is 3.32. The Hall–Kier alpha value is -2.68. The van der Waals surface area contributed by atoms with Crippen LogP contribution in [-0.2, 0) is 4.74 Å². The van der Waals surface area contributed by atoms with Crippen molar-refractivity contribution in [3.05, 3.63) is 40.0 Å². The molecule has 1 fully saturated rings. The van der Waals surface area contributed by atoms with Crippen LogP contribution in [0, 0.1) is 0 Å². The molecule has 3 rings (SSSR count). The number of carbonyl (C=O) groups excluding carboxylic acids is 2.